The zero-order valence-corrected chi connectivity index (χ0v) is 18.9. The molecular formula is C23H18ClF4N3O4. The fraction of sp³-hybridized carbons (Fsp3) is 0.174. The molecule has 0 bridgehead atoms. The van der Waals surface area contributed by atoms with Crippen LogP contribution in [0, 0.1) is 15.9 Å². The maximum Gasteiger partial charge on any atom is 0.416 e. The van der Waals surface area contributed by atoms with Crippen LogP contribution in [0.1, 0.15) is 23.6 Å². The summed E-state index contributed by atoms with van der Waals surface area (Å²) in [5.74, 6) is 0.0919. The monoisotopic (exact) mass is 511 g/mol. The minimum Gasteiger partial charge on any atom is -0.490 e. The van der Waals surface area contributed by atoms with Gasteiger partial charge in [-0.05, 0) is 54.4 Å². The van der Waals surface area contributed by atoms with Crippen molar-refractivity contribution in [1.29, 1.82) is 0 Å². The molecule has 3 aromatic rings. The number of nitro benzene ring substituents is 1. The predicted molar refractivity (Wildman–Crippen MR) is 123 cm³/mol. The first kappa shape index (κ1) is 25.8. The second kappa shape index (κ2) is 11.0. The van der Waals surface area contributed by atoms with Crippen molar-refractivity contribution in [2.75, 3.05) is 12.0 Å². The van der Waals surface area contributed by atoms with Gasteiger partial charge in [0.25, 0.3) is 5.69 Å². The van der Waals surface area contributed by atoms with Crippen molar-refractivity contribution >= 4 is 29.2 Å². The van der Waals surface area contributed by atoms with Gasteiger partial charge in [0.2, 0.25) is 0 Å². The van der Waals surface area contributed by atoms with Crippen molar-refractivity contribution in [3.8, 4) is 11.5 Å². The van der Waals surface area contributed by atoms with Gasteiger partial charge in [-0.3, -0.25) is 15.5 Å². The number of alkyl halides is 3. The maximum atomic E-state index is 13.4. The van der Waals surface area contributed by atoms with E-state index in [4.69, 9.17) is 21.1 Å². The molecular weight excluding hydrogens is 494 g/mol. The molecule has 0 saturated heterocycles. The second-order valence-electron chi connectivity index (χ2n) is 7.04. The number of hydrogen-bond donors (Lipinski definition) is 1. The summed E-state index contributed by atoms with van der Waals surface area (Å²) < 4.78 is 63.2. The highest BCUT2D eigenvalue weighted by Gasteiger charge is 2.33. The van der Waals surface area contributed by atoms with Crippen LogP contribution in [0.5, 0.6) is 11.5 Å². The van der Waals surface area contributed by atoms with Gasteiger partial charge in [0.1, 0.15) is 18.1 Å². The lowest BCUT2D eigenvalue weighted by Gasteiger charge is -2.14. The van der Waals surface area contributed by atoms with Gasteiger partial charge in [0, 0.05) is 6.07 Å². The van der Waals surface area contributed by atoms with E-state index in [1.807, 2.05) is 0 Å². The molecule has 0 heterocycles. The number of rotatable bonds is 9. The fourth-order valence-electron chi connectivity index (χ4n) is 2.98. The highest BCUT2D eigenvalue weighted by atomic mass is 35.5. The van der Waals surface area contributed by atoms with Gasteiger partial charge in [0.15, 0.2) is 11.5 Å². The number of nitrogens with zero attached hydrogens (tertiary/aromatic N) is 2. The molecule has 0 radical (unpaired) electrons. The van der Waals surface area contributed by atoms with E-state index >= 15 is 0 Å². The summed E-state index contributed by atoms with van der Waals surface area (Å²) in [6.07, 6.45) is -3.47. The van der Waals surface area contributed by atoms with E-state index in [-0.39, 0.29) is 35.4 Å². The maximum absolute atomic E-state index is 13.4. The molecule has 0 aliphatic carbocycles. The summed E-state index contributed by atoms with van der Waals surface area (Å²) in [7, 11) is 0. The molecule has 0 aliphatic heterocycles. The number of nitro groups is 1. The Morgan fingerprint density at radius 1 is 1.14 bits per heavy atom. The first-order valence-corrected chi connectivity index (χ1v) is 10.4. The number of nitrogens with one attached hydrogen (secondary N) is 1. The van der Waals surface area contributed by atoms with Crippen molar-refractivity contribution < 1.29 is 32.0 Å². The molecule has 0 saturated carbocycles. The third-order valence-electron chi connectivity index (χ3n) is 4.52. The summed E-state index contributed by atoms with van der Waals surface area (Å²) in [5, 5.41) is 15.2. The Kier molecular flexibility index (Phi) is 8.13. The zero-order chi connectivity index (χ0) is 25.6. The number of halogens is 5. The Morgan fingerprint density at radius 3 is 2.57 bits per heavy atom. The average molecular weight is 512 g/mol. The standard InChI is InChI=1S/C23H18ClF4N3O4/c1-2-34-21-10-15(9-18(24)22(21)35-13-14-4-3-5-17(25)8-14)12-29-30-19-7-6-16(23(26,27)28)11-20(19)31(32)33/h3-12,30H,2,13H2,1H3/b29-12-. The molecule has 0 fully saturated rings. The van der Waals surface area contributed by atoms with Crippen molar-refractivity contribution in [2.24, 2.45) is 5.10 Å². The topological polar surface area (TPSA) is 86.0 Å². The van der Waals surface area contributed by atoms with Crippen molar-refractivity contribution in [2.45, 2.75) is 19.7 Å². The predicted octanol–water partition coefficient (Wildman–Crippen LogP) is 6.83. The number of benzene rings is 3. The summed E-state index contributed by atoms with van der Waals surface area (Å²) in [6.45, 7) is 2.06. The van der Waals surface area contributed by atoms with E-state index in [0.717, 1.165) is 6.07 Å². The van der Waals surface area contributed by atoms with E-state index in [0.29, 0.717) is 23.3 Å². The van der Waals surface area contributed by atoms with Crippen molar-refractivity contribution in [1.82, 2.24) is 0 Å². The van der Waals surface area contributed by atoms with E-state index in [2.05, 4.69) is 10.5 Å². The van der Waals surface area contributed by atoms with Crippen LogP contribution < -0.4 is 14.9 Å². The second-order valence-corrected chi connectivity index (χ2v) is 7.45. The Labute approximate surface area is 202 Å². The summed E-state index contributed by atoms with van der Waals surface area (Å²) >= 11 is 6.33. The lowest BCUT2D eigenvalue weighted by Crippen LogP contribution is -2.06. The van der Waals surface area contributed by atoms with Crippen LogP contribution in [0.3, 0.4) is 0 Å². The smallest absolute Gasteiger partial charge is 0.416 e. The zero-order valence-electron chi connectivity index (χ0n) is 18.1. The van der Waals surface area contributed by atoms with Crippen LogP contribution in [0.2, 0.25) is 5.02 Å². The minimum atomic E-state index is -4.72. The molecule has 184 valence electrons. The lowest BCUT2D eigenvalue weighted by molar-refractivity contribution is -0.384. The van der Waals surface area contributed by atoms with Crippen LogP contribution in [0.15, 0.2) is 59.7 Å². The van der Waals surface area contributed by atoms with Gasteiger partial charge in [0.05, 0.1) is 28.3 Å². The lowest BCUT2D eigenvalue weighted by atomic mass is 10.1. The van der Waals surface area contributed by atoms with E-state index < -0.39 is 28.2 Å². The van der Waals surface area contributed by atoms with Crippen molar-refractivity contribution in [3.63, 3.8) is 0 Å². The Balaban J connectivity index is 1.80. The van der Waals surface area contributed by atoms with E-state index in [1.165, 1.54) is 24.4 Å². The molecule has 0 spiro atoms. The highest BCUT2D eigenvalue weighted by Crippen LogP contribution is 2.37. The highest BCUT2D eigenvalue weighted by molar-refractivity contribution is 6.32. The summed E-state index contributed by atoms with van der Waals surface area (Å²) in [6, 6.07) is 10.9. The number of hydrogen-bond acceptors (Lipinski definition) is 6. The quantitative estimate of drug-likeness (QED) is 0.147. The Hall–Kier alpha value is -3.86. The van der Waals surface area contributed by atoms with Gasteiger partial charge in [-0.2, -0.15) is 18.3 Å². The van der Waals surface area contributed by atoms with Crippen LogP contribution in [0.4, 0.5) is 28.9 Å². The molecule has 35 heavy (non-hydrogen) atoms. The van der Waals surface area contributed by atoms with E-state index in [1.54, 1.807) is 25.1 Å². The van der Waals surface area contributed by atoms with Crippen LogP contribution in [0.25, 0.3) is 0 Å². The molecule has 7 nitrogen and oxygen atoms in total. The molecule has 3 rings (SSSR count). The molecule has 0 aromatic heterocycles. The molecule has 0 atom stereocenters. The molecule has 0 unspecified atom stereocenters. The summed E-state index contributed by atoms with van der Waals surface area (Å²) in [5.41, 5.74) is 1.20. The van der Waals surface area contributed by atoms with Crippen molar-refractivity contribution in [3.05, 3.63) is 92.2 Å². The molecule has 12 heteroatoms. The number of anilines is 1. The van der Waals surface area contributed by atoms with Crippen LogP contribution in [-0.4, -0.2) is 17.7 Å². The SMILES string of the molecule is CCOc1cc(/C=N\Nc2ccc(C(F)(F)F)cc2[N+](=O)[O-])cc(Cl)c1OCc1cccc(F)c1. The Morgan fingerprint density at radius 2 is 1.91 bits per heavy atom. The van der Waals surface area contributed by atoms with Gasteiger partial charge in [-0.25, -0.2) is 4.39 Å². The van der Waals surface area contributed by atoms with E-state index in [9.17, 15) is 27.7 Å². The van der Waals surface area contributed by atoms with Crippen LogP contribution in [-0.2, 0) is 12.8 Å². The van der Waals surface area contributed by atoms with Gasteiger partial charge in [-0.1, -0.05) is 23.7 Å². The summed E-state index contributed by atoms with van der Waals surface area (Å²) in [4.78, 5) is 10.3. The van der Waals surface area contributed by atoms with Crippen LogP contribution >= 0.6 is 11.6 Å². The Bertz CT molecular complexity index is 1250. The molecule has 0 aliphatic rings. The first-order valence-electron chi connectivity index (χ1n) is 10.1. The molecule has 3 aromatic carbocycles. The minimum absolute atomic E-state index is 0.0319. The largest absolute Gasteiger partial charge is 0.490 e. The molecule has 0 amide bonds. The normalized spacial score (nSPS) is 11.5. The van der Waals surface area contributed by atoms with Gasteiger partial charge >= 0.3 is 6.18 Å². The fourth-order valence-corrected chi connectivity index (χ4v) is 3.25. The number of hydrazone groups is 1. The van der Waals surface area contributed by atoms with Gasteiger partial charge < -0.3 is 9.47 Å². The average Bonchev–Trinajstić information content (AvgIpc) is 2.78. The first-order chi connectivity index (χ1) is 16.6. The van der Waals surface area contributed by atoms with Gasteiger partial charge in [-0.15, -0.1) is 0 Å². The molecule has 1 N–H and O–H groups in total. The third-order valence-corrected chi connectivity index (χ3v) is 4.81. The number of ether oxygens (including phenoxy) is 2. The third kappa shape index (κ3) is 6.82.